The molecule has 0 aromatic carbocycles. The Hall–Kier alpha value is -1.43. The van der Waals surface area contributed by atoms with E-state index in [2.05, 4.69) is 28.8 Å². The largest absolute Gasteiger partial charge is 0.326 e. The smallest absolute Gasteiger partial charge is 0.153 e. The lowest BCUT2D eigenvalue weighted by Gasteiger charge is -2.15. The summed E-state index contributed by atoms with van der Waals surface area (Å²) in [6, 6.07) is 6.20. The van der Waals surface area contributed by atoms with E-state index in [0.29, 0.717) is 6.04 Å². The number of aromatic nitrogens is 3. The van der Waals surface area contributed by atoms with Crippen molar-refractivity contribution in [2.75, 3.05) is 13.1 Å². The first-order valence-electron chi connectivity index (χ1n) is 7.09. The van der Waals surface area contributed by atoms with E-state index in [1.54, 1.807) is 6.20 Å². The van der Waals surface area contributed by atoms with Crippen molar-refractivity contribution in [2.45, 2.75) is 32.9 Å². The molecule has 3 heterocycles. The minimum absolute atomic E-state index is 0. The van der Waals surface area contributed by atoms with Gasteiger partial charge in [0.25, 0.3) is 0 Å². The summed E-state index contributed by atoms with van der Waals surface area (Å²) in [4.78, 5) is 6.78. The van der Waals surface area contributed by atoms with Crippen LogP contribution in [-0.4, -0.2) is 38.8 Å². The van der Waals surface area contributed by atoms with Gasteiger partial charge >= 0.3 is 0 Å². The molecule has 3 rings (SSSR count). The van der Waals surface area contributed by atoms with E-state index in [4.69, 9.17) is 5.73 Å². The van der Waals surface area contributed by atoms with Crippen LogP contribution in [0.5, 0.6) is 0 Å². The van der Waals surface area contributed by atoms with E-state index in [-0.39, 0.29) is 12.4 Å². The molecule has 21 heavy (non-hydrogen) atoms. The van der Waals surface area contributed by atoms with Gasteiger partial charge in [-0.2, -0.15) is 5.10 Å². The molecule has 0 saturated carbocycles. The highest BCUT2D eigenvalue weighted by atomic mass is 35.5. The van der Waals surface area contributed by atoms with E-state index < -0.39 is 0 Å². The van der Waals surface area contributed by atoms with Gasteiger partial charge in [-0.3, -0.25) is 4.90 Å². The van der Waals surface area contributed by atoms with E-state index in [0.717, 1.165) is 37.6 Å². The maximum Gasteiger partial charge on any atom is 0.153 e. The molecular formula is C15H22ClN5. The van der Waals surface area contributed by atoms with Crippen LogP contribution >= 0.6 is 12.4 Å². The lowest BCUT2D eigenvalue weighted by Crippen LogP contribution is -2.26. The monoisotopic (exact) mass is 307 g/mol. The van der Waals surface area contributed by atoms with Crippen molar-refractivity contribution in [3.8, 4) is 5.82 Å². The van der Waals surface area contributed by atoms with Gasteiger partial charge in [0.15, 0.2) is 5.82 Å². The molecule has 0 unspecified atom stereocenters. The fraction of sp³-hybridized carbons (Fsp3) is 0.467. The number of aryl methyl sites for hydroxylation is 1. The van der Waals surface area contributed by atoms with E-state index in [9.17, 15) is 0 Å². The topological polar surface area (TPSA) is 60.0 Å². The van der Waals surface area contributed by atoms with Gasteiger partial charge in [-0.25, -0.2) is 9.67 Å². The first-order chi connectivity index (χ1) is 9.65. The summed E-state index contributed by atoms with van der Waals surface area (Å²) in [5, 5.41) is 4.64. The summed E-state index contributed by atoms with van der Waals surface area (Å²) >= 11 is 0. The van der Waals surface area contributed by atoms with Crippen LogP contribution in [0.2, 0.25) is 0 Å². The van der Waals surface area contributed by atoms with Crippen LogP contribution in [0.4, 0.5) is 0 Å². The number of pyridine rings is 1. The van der Waals surface area contributed by atoms with Gasteiger partial charge in [-0.05, 0) is 32.4 Å². The highest BCUT2D eigenvalue weighted by Gasteiger charge is 2.22. The molecule has 1 atom stereocenters. The first kappa shape index (κ1) is 15.9. The van der Waals surface area contributed by atoms with Gasteiger partial charge in [-0.15, -0.1) is 12.4 Å². The SMILES string of the molecule is Cc1nn(-c2ccccn2)c(C)c1CN1CC[C@@H](N)C1.Cl. The van der Waals surface area contributed by atoms with Gasteiger partial charge in [0.05, 0.1) is 5.69 Å². The van der Waals surface area contributed by atoms with Crippen LogP contribution in [0.25, 0.3) is 5.82 Å². The Morgan fingerprint density at radius 1 is 1.33 bits per heavy atom. The average Bonchev–Trinajstić information content (AvgIpc) is 2.98. The van der Waals surface area contributed by atoms with Crippen LogP contribution in [0.3, 0.4) is 0 Å². The number of likely N-dealkylation sites (tertiary alicyclic amines) is 1. The van der Waals surface area contributed by atoms with Gasteiger partial charge in [0.2, 0.25) is 0 Å². The van der Waals surface area contributed by atoms with E-state index in [1.165, 1.54) is 11.3 Å². The number of hydrogen-bond donors (Lipinski definition) is 1. The molecule has 0 bridgehead atoms. The Morgan fingerprint density at radius 2 is 2.14 bits per heavy atom. The summed E-state index contributed by atoms with van der Waals surface area (Å²) in [7, 11) is 0. The molecule has 6 heteroatoms. The van der Waals surface area contributed by atoms with Crippen LogP contribution in [0.15, 0.2) is 24.4 Å². The summed E-state index contributed by atoms with van der Waals surface area (Å²) < 4.78 is 1.93. The molecule has 2 N–H and O–H groups in total. The van der Waals surface area contributed by atoms with Crippen LogP contribution < -0.4 is 5.73 Å². The molecule has 0 aliphatic carbocycles. The Bertz CT molecular complexity index is 596. The third-order valence-corrected chi connectivity index (χ3v) is 4.00. The number of halogens is 1. The summed E-state index contributed by atoms with van der Waals surface area (Å²) in [6.07, 6.45) is 2.89. The molecule has 0 radical (unpaired) electrons. The lowest BCUT2D eigenvalue weighted by atomic mass is 10.2. The molecule has 1 saturated heterocycles. The van der Waals surface area contributed by atoms with Gasteiger partial charge in [0, 0.05) is 43.1 Å². The molecule has 0 amide bonds. The van der Waals surface area contributed by atoms with Crippen molar-refractivity contribution in [1.29, 1.82) is 0 Å². The van der Waals surface area contributed by atoms with Crippen molar-refractivity contribution < 1.29 is 0 Å². The number of nitrogens with zero attached hydrogens (tertiary/aromatic N) is 4. The number of hydrogen-bond acceptors (Lipinski definition) is 4. The third kappa shape index (κ3) is 3.26. The summed E-state index contributed by atoms with van der Waals surface area (Å²) in [6.45, 7) is 7.17. The molecule has 2 aromatic rings. The normalized spacial score (nSPS) is 18.7. The fourth-order valence-corrected chi connectivity index (χ4v) is 2.84. The van der Waals surface area contributed by atoms with Crippen molar-refractivity contribution in [3.63, 3.8) is 0 Å². The van der Waals surface area contributed by atoms with Crippen molar-refractivity contribution in [1.82, 2.24) is 19.7 Å². The zero-order chi connectivity index (χ0) is 14.1. The fourth-order valence-electron chi connectivity index (χ4n) is 2.84. The molecule has 2 aromatic heterocycles. The van der Waals surface area contributed by atoms with Crippen LogP contribution in [0, 0.1) is 13.8 Å². The second-order valence-corrected chi connectivity index (χ2v) is 5.53. The minimum Gasteiger partial charge on any atom is -0.326 e. The summed E-state index contributed by atoms with van der Waals surface area (Å²) in [5.41, 5.74) is 9.52. The van der Waals surface area contributed by atoms with Gasteiger partial charge < -0.3 is 5.73 Å². The first-order valence-corrected chi connectivity index (χ1v) is 7.09. The standard InChI is InChI=1S/C15H21N5.ClH/c1-11-14(10-19-8-6-13(16)9-19)12(2)20(18-11)15-5-3-4-7-17-15;/h3-5,7,13H,6,8-10,16H2,1-2H3;1H/t13-;/m1./s1. The van der Waals surface area contributed by atoms with Gasteiger partial charge in [0.1, 0.15) is 0 Å². The van der Waals surface area contributed by atoms with Crippen LogP contribution in [0.1, 0.15) is 23.4 Å². The number of nitrogens with two attached hydrogens (primary N) is 1. The highest BCUT2D eigenvalue weighted by molar-refractivity contribution is 5.85. The van der Waals surface area contributed by atoms with Crippen molar-refractivity contribution >= 4 is 12.4 Å². The second-order valence-electron chi connectivity index (χ2n) is 5.53. The lowest BCUT2D eigenvalue weighted by molar-refractivity contribution is 0.325. The Morgan fingerprint density at radius 3 is 2.76 bits per heavy atom. The van der Waals surface area contributed by atoms with E-state index in [1.807, 2.05) is 22.9 Å². The van der Waals surface area contributed by atoms with Gasteiger partial charge in [-0.1, -0.05) is 6.07 Å². The predicted molar refractivity (Wildman–Crippen MR) is 86.0 cm³/mol. The summed E-state index contributed by atoms with van der Waals surface area (Å²) in [5.74, 6) is 0.873. The quantitative estimate of drug-likeness (QED) is 0.940. The molecule has 1 fully saturated rings. The average molecular weight is 308 g/mol. The zero-order valence-corrected chi connectivity index (χ0v) is 13.3. The van der Waals surface area contributed by atoms with Crippen molar-refractivity contribution in [2.24, 2.45) is 5.73 Å². The molecular weight excluding hydrogens is 286 g/mol. The maximum absolute atomic E-state index is 5.98. The Kier molecular flexibility index (Phi) is 4.98. The highest BCUT2D eigenvalue weighted by Crippen LogP contribution is 2.20. The molecule has 1 aliphatic rings. The third-order valence-electron chi connectivity index (χ3n) is 4.00. The molecule has 1 aliphatic heterocycles. The molecule has 114 valence electrons. The number of rotatable bonds is 3. The maximum atomic E-state index is 5.98. The molecule has 0 spiro atoms. The Balaban J connectivity index is 0.00000161. The van der Waals surface area contributed by atoms with Crippen LogP contribution in [-0.2, 0) is 6.54 Å². The van der Waals surface area contributed by atoms with E-state index >= 15 is 0 Å². The second kappa shape index (κ2) is 6.56. The predicted octanol–water partition coefficient (Wildman–Crippen LogP) is 1.84. The van der Waals surface area contributed by atoms with Crippen molar-refractivity contribution in [3.05, 3.63) is 41.3 Å². The minimum atomic E-state index is 0. The zero-order valence-electron chi connectivity index (χ0n) is 12.5. The molecule has 5 nitrogen and oxygen atoms in total. The Labute approximate surface area is 131 Å².